The maximum absolute atomic E-state index is 10.3. The molecule has 56 valence electrons. The second-order valence-electron chi connectivity index (χ2n) is 1.87. The summed E-state index contributed by atoms with van der Waals surface area (Å²) in [5.74, 6) is -0.483. The number of hydrogen-bond acceptors (Lipinski definition) is 3. The average molecular weight is 149 g/mol. The fraction of sp³-hybridized carbons (Fsp3) is 0. The molecule has 1 aromatic rings. The molecule has 4 nitrogen and oxygen atoms in total. The Labute approximate surface area is 63.8 Å². The Bertz CT molecular complexity index is 268. The van der Waals surface area contributed by atoms with E-state index in [4.69, 9.17) is 5.73 Å². The van der Waals surface area contributed by atoms with Crippen molar-refractivity contribution < 1.29 is 4.79 Å². The maximum atomic E-state index is 10.3. The van der Waals surface area contributed by atoms with Crippen LogP contribution in [0, 0.1) is 0 Å². The second kappa shape index (κ2) is 3.46. The van der Waals surface area contributed by atoms with Gasteiger partial charge in [0.05, 0.1) is 5.69 Å². The van der Waals surface area contributed by atoms with E-state index in [9.17, 15) is 4.79 Å². The van der Waals surface area contributed by atoms with Gasteiger partial charge in [-0.15, -0.1) is 0 Å². The standard InChI is InChI=1S/C7H7N3O/c8-7(11)2-1-6-3-4-9-5-10-6/h1-5H,(H2,8,11)/b2-1+. The van der Waals surface area contributed by atoms with Gasteiger partial charge >= 0.3 is 0 Å². The molecule has 1 aromatic heterocycles. The predicted octanol–water partition coefficient (Wildman–Crippen LogP) is -0.0249. The van der Waals surface area contributed by atoms with E-state index in [0.717, 1.165) is 0 Å². The summed E-state index contributed by atoms with van der Waals surface area (Å²) in [5.41, 5.74) is 5.54. The summed E-state index contributed by atoms with van der Waals surface area (Å²) in [4.78, 5) is 17.8. The molecule has 4 heteroatoms. The molecule has 2 N–H and O–H groups in total. The lowest BCUT2D eigenvalue weighted by atomic mass is 10.3. The summed E-state index contributed by atoms with van der Waals surface area (Å²) in [6.07, 6.45) is 5.78. The van der Waals surface area contributed by atoms with E-state index in [1.165, 1.54) is 18.5 Å². The molecule has 0 aromatic carbocycles. The van der Waals surface area contributed by atoms with Crippen molar-refractivity contribution in [2.45, 2.75) is 0 Å². The first-order valence-electron chi connectivity index (χ1n) is 3.02. The third-order valence-corrected chi connectivity index (χ3v) is 1.02. The number of primary amides is 1. The van der Waals surface area contributed by atoms with Crippen LogP contribution in [0.25, 0.3) is 6.08 Å². The molecule has 0 saturated carbocycles. The van der Waals surface area contributed by atoms with Gasteiger partial charge < -0.3 is 5.73 Å². The van der Waals surface area contributed by atoms with Crippen molar-refractivity contribution in [1.29, 1.82) is 0 Å². The normalized spacial score (nSPS) is 10.2. The van der Waals surface area contributed by atoms with Crippen LogP contribution in [-0.2, 0) is 4.79 Å². The molecule has 0 aliphatic heterocycles. The number of amides is 1. The molecule has 11 heavy (non-hydrogen) atoms. The molecule has 1 amide bonds. The highest BCUT2D eigenvalue weighted by atomic mass is 16.1. The molecule has 0 fully saturated rings. The number of nitrogens with zero attached hydrogens (tertiary/aromatic N) is 2. The zero-order valence-electron chi connectivity index (χ0n) is 5.77. The van der Waals surface area contributed by atoms with Crippen LogP contribution in [0.1, 0.15) is 5.69 Å². The van der Waals surface area contributed by atoms with E-state index < -0.39 is 5.91 Å². The number of carbonyl (C=O) groups excluding carboxylic acids is 1. The first kappa shape index (κ1) is 7.40. The zero-order chi connectivity index (χ0) is 8.10. The van der Waals surface area contributed by atoms with E-state index in [1.807, 2.05) is 0 Å². The molecule has 1 rings (SSSR count). The summed E-state index contributed by atoms with van der Waals surface area (Å²) in [6, 6.07) is 1.68. The fourth-order valence-corrected chi connectivity index (χ4v) is 0.567. The second-order valence-corrected chi connectivity index (χ2v) is 1.87. The van der Waals surface area contributed by atoms with Gasteiger partial charge in [-0.3, -0.25) is 4.79 Å². The molecule has 0 aliphatic rings. The number of rotatable bonds is 2. The minimum absolute atomic E-state index is 0.483. The SMILES string of the molecule is NC(=O)/C=C/c1ccncn1. The van der Waals surface area contributed by atoms with Gasteiger partial charge in [0.25, 0.3) is 0 Å². The lowest BCUT2D eigenvalue weighted by Gasteiger charge is -1.86. The van der Waals surface area contributed by atoms with Crippen LogP contribution in [0.15, 0.2) is 24.7 Å². The molecule has 0 saturated heterocycles. The Balaban J connectivity index is 2.72. The quantitative estimate of drug-likeness (QED) is 0.600. The molecule has 0 unspecified atom stereocenters. The number of carbonyl (C=O) groups is 1. The van der Waals surface area contributed by atoms with Crippen molar-refractivity contribution in [1.82, 2.24) is 9.97 Å². The molecule has 0 spiro atoms. The van der Waals surface area contributed by atoms with E-state index in [0.29, 0.717) is 5.69 Å². The van der Waals surface area contributed by atoms with Gasteiger partial charge in [-0.1, -0.05) is 0 Å². The monoisotopic (exact) mass is 149 g/mol. The summed E-state index contributed by atoms with van der Waals surface area (Å²) in [7, 11) is 0. The van der Waals surface area contributed by atoms with E-state index in [2.05, 4.69) is 9.97 Å². The Hall–Kier alpha value is -1.71. The number of nitrogens with two attached hydrogens (primary N) is 1. The lowest BCUT2D eigenvalue weighted by molar-refractivity contribution is -0.113. The van der Waals surface area contributed by atoms with Gasteiger partial charge in [0.15, 0.2) is 0 Å². The van der Waals surface area contributed by atoms with Crippen LogP contribution in [0.5, 0.6) is 0 Å². The van der Waals surface area contributed by atoms with Crippen molar-refractivity contribution in [3.63, 3.8) is 0 Å². The van der Waals surface area contributed by atoms with Crippen molar-refractivity contribution in [3.8, 4) is 0 Å². The Morgan fingerprint density at radius 2 is 2.45 bits per heavy atom. The van der Waals surface area contributed by atoms with Crippen LogP contribution < -0.4 is 5.73 Å². The molecule has 0 atom stereocenters. The Kier molecular flexibility index (Phi) is 2.32. The summed E-state index contributed by atoms with van der Waals surface area (Å²) in [6.45, 7) is 0. The third kappa shape index (κ3) is 2.57. The third-order valence-electron chi connectivity index (χ3n) is 1.02. The molecule has 0 radical (unpaired) electrons. The number of aromatic nitrogens is 2. The summed E-state index contributed by atoms with van der Waals surface area (Å²) in [5, 5.41) is 0. The van der Waals surface area contributed by atoms with Gasteiger partial charge in [-0.05, 0) is 12.1 Å². The topological polar surface area (TPSA) is 68.9 Å². The van der Waals surface area contributed by atoms with Crippen LogP contribution in [0.3, 0.4) is 0 Å². The summed E-state index contributed by atoms with van der Waals surface area (Å²) < 4.78 is 0. The zero-order valence-corrected chi connectivity index (χ0v) is 5.77. The molecular weight excluding hydrogens is 142 g/mol. The van der Waals surface area contributed by atoms with E-state index in [-0.39, 0.29) is 0 Å². The minimum Gasteiger partial charge on any atom is -0.366 e. The maximum Gasteiger partial charge on any atom is 0.241 e. The average Bonchev–Trinajstić information content (AvgIpc) is 2.03. The van der Waals surface area contributed by atoms with Gasteiger partial charge in [-0.2, -0.15) is 0 Å². The first-order chi connectivity index (χ1) is 5.29. The van der Waals surface area contributed by atoms with E-state index in [1.54, 1.807) is 12.3 Å². The van der Waals surface area contributed by atoms with E-state index >= 15 is 0 Å². The molecule has 0 bridgehead atoms. The largest absolute Gasteiger partial charge is 0.366 e. The highest BCUT2D eigenvalue weighted by Gasteiger charge is 1.86. The number of hydrogen-bond donors (Lipinski definition) is 1. The van der Waals surface area contributed by atoms with Crippen LogP contribution >= 0.6 is 0 Å². The van der Waals surface area contributed by atoms with Crippen molar-refractivity contribution in [2.75, 3.05) is 0 Å². The molecule has 0 aliphatic carbocycles. The molecular formula is C7H7N3O. The smallest absolute Gasteiger partial charge is 0.241 e. The summed E-state index contributed by atoms with van der Waals surface area (Å²) >= 11 is 0. The van der Waals surface area contributed by atoms with Crippen molar-refractivity contribution in [3.05, 3.63) is 30.4 Å². The van der Waals surface area contributed by atoms with Crippen molar-refractivity contribution in [2.24, 2.45) is 5.73 Å². The van der Waals surface area contributed by atoms with Crippen LogP contribution in [0.4, 0.5) is 0 Å². The highest BCUT2D eigenvalue weighted by molar-refractivity contribution is 5.89. The van der Waals surface area contributed by atoms with Gasteiger partial charge in [0, 0.05) is 12.3 Å². The van der Waals surface area contributed by atoms with Gasteiger partial charge in [0.2, 0.25) is 5.91 Å². The highest BCUT2D eigenvalue weighted by Crippen LogP contribution is 1.92. The lowest BCUT2D eigenvalue weighted by Crippen LogP contribution is -2.05. The minimum atomic E-state index is -0.483. The Morgan fingerprint density at radius 3 is 3.00 bits per heavy atom. The van der Waals surface area contributed by atoms with Gasteiger partial charge in [-0.25, -0.2) is 9.97 Å². The predicted molar refractivity (Wildman–Crippen MR) is 40.3 cm³/mol. The van der Waals surface area contributed by atoms with Gasteiger partial charge in [0.1, 0.15) is 6.33 Å². The van der Waals surface area contributed by atoms with Crippen molar-refractivity contribution >= 4 is 12.0 Å². The molecule has 1 heterocycles. The first-order valence-corrected chi connectivity index (χ1v) is 3.02. The van der Waals surface area contributed by atoms with Crippen LogP contribution in [0.2, 0.25) is 0 Å². The Morgan fingerprint density at radius 1 is 1.64 bits per heavy atom. The fourth-order valence-electron chi connectivity index (χ4n) is 0.567. The van der Waals surface area contributed by atoms with Crippen LogP contribution in [-0.4, -0.2) is 15.9 Å².